The van der Waals surface area contributed by atoms with Gasteiger partial charge in [0, 0.05) is 31.9 Å². The van der Waals surface area contributed by atoms with E-state index in [2.05, 4.69) is 20.7 Å². The summed E-state index contributed by atoms with van der Waals surface area (Å²) in [7, 11) is 1.84. The van der Waals surface area contributed by atoms with Gasteiger partial charge in [-0.05, 0) is 6.42 Å². The minimum Gasteiger partial charge on any atom is -0.370 e. The molecule has 2 aromatic heterocycles. The number of hydrogen-bond donors (Lipinski definition) is 2. The van der Waals surface area contributed by atoms with Crippen LogP contribution in [0.4, 0.5) is 17.3 Å². The number of rotatable bonds is 7. The van der Waals surface area contributed by atoms with Crippen LogP contribution in [0.2, 0.25) is 0 Å². The minimum atomic E-state index is -0.423. The topological polar surface area (TPSA) is 97.9 Å². The van der Waals surface area contributed by atoms with Crippen molar-refractivity contribution in [2.45, 2.75) is 19.9 Å². The molecule has 0 aliphatic heterocycles. The second kappa shape index (κ2) is 6.69. The van der Waals surface area contributed by atoms with E-state index >= 15 is 0 Å². The lowest BCUT2D eigenvalue weighted by molar-refractivity contribution is -0.384. The van der Waals surface area contributed by atoms with Gasteiger partial charge in [0.1, 0.15) is 11.6 Å². The molecule has 0 amide bonds. The van der Waals surface area contributed by atoms with Crippen molar-refractivity contribution in [1.82, 2.24) is 14.8 Å². The third-order valence-corrected chi connectivity index (χ3v) is 2.81. The highest BCUT2D eigenvalue weighted by atomic mass is 16.6. The van der Waals surface area contributed by atoms with Gasteiger partial charge < -0.3 is 10.6 Å². The lowest BCUT2D eigenvalue weighted by Crippen LogP contribution is -2.06. The lowest BCUT2D eigenvalue weighted by atomic mass is 10.3. The van der Waals surface area contributed by atoms with Gasteiger partial charge in [-0.1, -0.05) is 6.92 Å². The SMILES string of the molecule is CCCNc1cc([N+](=O)[O-])cc(NCc2cnn(C)c2)n1. The summed E-state index contributed by atoms with van der Waals surface area (Å²) < 4.78 is 1.70. The first-order valence-corrected chi connectivity index (χ1v) is 6.70. The molecule has 2 aromatic rings. The predicted octanol–water partition coefficient (Wildman–Crippen LogP) is 2.16. The Morgan fingerprint density at radius 2 is 2.05 bits per heavy atom. The molecular formula is C13H18N6O2. The van der Waals surface area contributed by atoms with E-state index < -0.39 is 4.92 Å². The van der Waals surface area contributed by atoms with Crippen LogP contribution in [0.25, 0.3) is 0 Å². The van der Waals surface area contributed by atoms with Crippen molar-refractivity contribution in [3.8, 4) is 0 Å². The molecule has 8 heteroatoms. The van der Waals surface area contributed by atoms with Crippen LogP contribution in [0.3, 0.4) is 0 Å². The Kier molecular flexibility index (Phi) is 4.70. The van der Waals surface area contributed by atoms with E-state index in [4.69, 9.17) is 0 Å². The third-order valence-electron chi connectivity index (χ3n) is 2.81. The van der Waals surface area contributed by atoms with Gasteiger partial charge in [-0.3, -0.25) is 14.8 Å². The number of aryl methyl sites for hydroxylation is 1. The summed E-state index contributed by atoms with van der Waals surface area (Å²) >= 11 is 0. The average Bonchev–Trinajstić information content (AvgIpc) is 2.88. The number of nitro groups is 1. The monoisotopic (exact) mass is 290 g/mol. The molecule has 0 fully saturated rings. The van der Waals surface area contributed by atoms with Gasteiger partial charge in [0.15, 0.2) is 0 Å². The van der Waals surface area contributed by atoms with Gasteiger partial charge in [-0.25, -0.2) is 4.98 Å². The second-order valence-electron chi connectivity index (χ2n) is 4.66. The Balaban J connectivity index is 2.12. The normalized spacial score (nSPS) is 10.4. The van der Waals surface area contributed by atoms with Crippen molar-refractivity contribution >= 4 is 17.3 Å². The fourth-order valence-electron chi connectivity index (χ4n) is 1.81. The van der Waals surface area contributed by atoms with Crippen LogP contribution in [0.1, 0.15) is 18.9 Å². The molecule has 8 nitrogen and oxygen atoms in total. The molecular weight excluding hydrogens is 272 g/mol. The maximum absolute atomic E-state index is 11.0. The first-order chi connectivity index (χ1) is 10.1. The van der Waals surface area contributed by atoms with Gasteiger partial charge in [0.2, 0.25) is 0 Å². The van der Waals surface area contributed by atoms with Gasteiger partial charge in [0.25, 0.3) is 5.69 Å². The number of hydrogen-bond acceptors (Lipinski definition) is 6. The van der Waals surface area contributed by atoms with Crippen LogP contribution in [-0.2, 0) is 13.6 Å². The van der Waals surface area contributed by atoms with E-state index in [0.29, 0.717) is 18.2 Å². The van der Waals surface area contributed by atoms with E-state index in [1.165, 1.54) is 12.1 Å². The molecule has 0 saturated carbocycles. The molecule has 0 aliphatic carbocycles. The average molecular weight is 290 g/mol. The van der Waals surface area contributed by atoms with Crippen LogP contribution < -0.4 is 10.6 Å². The second-order valence-corrected chi connectivity index (χ2v) is 4.66. The fraction of sp³-hybridized carbons (Fsp3) is 0.385. The first kappa shape index (κ1) is 14.8. The Labute approximate surface area is 122 Å². The van der Waals surface area contributed by atoms with Gasteiger partial charge >= 0.3 is 0 Å². The number of anilines is 2. The molecule has 0 bridgehead atoms. The molecule has 112 valence electrons. The van der Waals surface area contributed by atoms with Crippen LogP contribution >= 0.6 is 0 Å². The molecule has 2 N–H and O–H groups in total. The van der Waals surface area contributed by atoms with E-state index in [1.807, 2.05) is 20.2 Å². The van der Waals surface area contributed by atoms with Crippen LogP contribution in [-0.4, -0.2) is 26.2 Å². The standard InChI is InChI=1S/C13H18N6O2/c1-3-4-14-12-5-11(19(20)21)6-13(17-12)15-7-10-8-16-18(2)9-10/h5-6,8-9H,3-4,7H2,1-2H3,(H2,14,15,17). The van der Waals surface area contributed by atoms with Gasteiger partial charge in [0.05, 0.1) is 23.3 Å². The molecule has 21 heavy (non-hydrogen) atoms. The van der Waals surface area contributed by atoms with Crippen molar-refractivity contribution in [2.24, 2.45) is 7.05 Å². The van der Waals surface area contributed by atoms with Crippen LogP contribution in [0.15, 0.2) is 24.5 Å². The quantitative estimate of drug-likeness (QED) is 0.599. The number of nitrogens with one attached hydrogen (secondary N) is 2. The molecule has 2 rings (SSSR count). The van der Waals surface area contributed by atoms with E-state index in [1.54, 1.807) is 10.9 Å². The smallest absolute Gasteiger partial charge is 0.276 e. The van der Waals surface area contributed by atoms with E-state index in [0.717, 1.165) is 18.5 Å². The van der Waals surface area contributed by atoms with Crippen LogP contribution in [0.5, 0.6) is 0 Å². The van der Waals surface area contributed by atoms with Crippen molar-refractivity contribution in [3.05, 3.63) is 40.2 Å². The summed E-state index contributed by atoms with van der Waals surface area (Å²) in [6.07, 6.45) is 4.53. The van der Waals surface area contributed by atoms with Crippen molar-refractivity contribution in [2.75, 3.05) is 17.2 Å². The Hall–Kier alpha value is -2.64. The zero-order chi connectivity index (χ0) is 15.2. The highest BCUT2D eigenvalue weighted by Crippen LogP contribution is 2.21. The minimum absolute atomic E-state index is 0.0114. The Morgan fingerprint density at radius 1 is 1.33 bits per heavy atom. The third kappa shape index (κ3) is 4.16. The highest BCUT2D eigenvalue weighted by Gasteiger charge is 2.11. The maximum Gasteiger partial charge on any atom is 0.276 e. The summed E-state index contributed by atoms with van der Waals surface area (Å²) in [6, 6.07) is 2.86. The lowest BCUT2D eigenvalue weighted by Gasteiger charge is -2.08. The zero-order valence-electron chi connectivity index (χ0n) is 12.0. The summed E-state index contributed by atoms with van der Waals surface area (Å²) in [5.41, 5.74) is 0.992. The molecule has 0 saturated heterocycles. The Morgan fingerprint density at radius 3 is 2.62 bits per heavy atom. The summed E-state index contributed by atoms with van der Waals surface area (Å²) in [5, 5.41) is 21.2. The summed E-state index contributed by atoms with van der Waals surface area (Å²) in [6.45, 7) is 3.25. The van der Waals surface area contributed by atoms with Gasteiger partial charge in [-0.2, -0.15) is 5.10 Å². The molecule has 0 atom stereocenters. The number of pyridine rings is 1. The summed E-state index contributed by atoms with van der Waals surface area (Å²) in [4.78, 5) is 14.9. The molecule has 0 radical (unpaired) electrons. The molecule has 0 spiro atoms. The van der Waals surface area contributed by atoms with Crippen molar-refractivity contribution < 1.29 is 4.92 Å². The van der Waals surface area contributed by atoms with E-state index in [-0.39, 0.29) is 5.69 Å². The molecule has 0 aliphatic rings. The highest BCUT2D eigenvalue weighted by molar-refractivity contribution is 5.54. The molecule has 2 heterocycles. The molecule has 0 aromatic carbocycles. The first-order valence-electron chi connectivity index (χ1n) is 6.70. The zero-order valence-corrected chi connectivity index (χ0v) is 12.0. The fourth-order valence-corrected chi connectivity index (χ4v) is 1.81. The van der Waals surface area contributed by atoms with Crippen molar-refractivity contribution in [3.63, 3.8) is 0 Å². The van der Waals surface area contributed by atoms with Gasteiger partial charge in [-0.15, -0.1) is 0 Å². The predicted molar refractivity (Wildman–Crippen MR) is 80.2 cm³/mol. The van der Waals surface area contributed by atoms with E-state index in [9.17, 15) is 10.1 Å². The molecule has 0 unspecified atom stereocenters. The largest absolute Gasteiger partial charge is 0.370 e. The van der Waals surface area contributed by atoms with Crippen LogP contribution in [0, 0.1) is 10.1 Å². The summed E-state index contributed by atoms with van der Waals surface area (Å²) in [5.74, 6) is 0.964. The maximum atomic E-state index is 11.0. The number of nitrogens with zero attached hydrogens (tertiary/aromatic N) is 4. The van der Waals surface area contributed by atoms with Crippen molar-refractivity contribution in [1.29, 1.82) is 0 Å². The number of aromatic nitrogens is 3. The Bertz CT molecular complexity index is 625.